The van der Waals surface area contributed by atoms with Crippen molar-refractivity contribution in [2.45, 2.75) is 0 Å². The third-order valence-electron chi connectivity index (χ3n) is 3.86. The summed E-state index contributed by atoms with van der Waals surface area (Å²) in [5.74, 6) is -0.617. The van der Waals surface area contributed by atoms with E-state index in [2.05, 4.69) is 5.32 Å². The van der Waals surface area contributed by atoms with Crippen LogP contribution >= 0.6 is 0 Å². The summed E-state index contributed by atoms with van der Waals surface area (Å²) in [5, 5.41) is 2.14. The van der Waals surface area contributed by atoms with Crippen LogP contribution in [0.5, 0.6) is 5.75 Å². The van der Waals surface area contributed by atoms with Crippen LogP contribution in [0, 0.1) is 0 Å². The van der Waals surface area contributed by atoms with Gasteiger partial charge in [0.15, 0.2) is 0 Å². The Morgan fingerprint density at radius 2 is 1.80 bits per heavy atom. The number of nitrogens with zero attached hydrogens (tertiary/aromatic N) is 2. The van der Waals surface area contributed by atoms with E-state index < -0.39 is 17.4 Å². The standard InChI is InChI=1S/C17H18N4O4/c1-20(2)7-8-25-11-5-3-10(4-6-11)21-13(22)9-12-14(15(21)18)17(24)19-16(12)23/h3-6,9H,7-8,18H2,1-2H3,(H,19,23,24). The first-order valence-corrected chi connectivity index (χ1v) is 7.67. The Morgan fingerprint density at radius 3 is 2.44 bits per heavy atom. The van der Waals surface area contributed by atoms with E-state index in [0.717, 1.165) is 12.6 Å². The average molecular weight is 342 g/mol. The van der Waals surface area contributed by atoms with Crippen LogP contribution in [0.3, 0.4) is 0 Å². The van der Waals surface area contributed by atoms with E-state index in [0.29, 0.717) is 18.0 Å². The number of anilines is 1. The maximum absolute atomic E-state index is 12.3. The van der Waals surface area contributed by atoms with Crippen LogP contribution in [0.15, 0.2) is 35.1 Å². The lowest BCUT2D eigenvalue weighted by atomic mass is 10.1. The first-order valence-electron chi connectivity index (χ1n) is 7.67. The molecule has 25 heavy (non-hydrogen) atoms. The molecule has 1 aromatic heterocycles. The van der Waals surface area contributed by atoms with Crippen molar-refractivity contribution in [3.8, 4) is 11.4 Å². The number of carbonyl (C=O) groups excluding carboxylic acids is 2. The number of ether oxygens (including phenoxy) is 1. The molecule has 0 bridgehead atoms. The predicted molar refractivity (Wildman–Crippen MR) is 92.3 cm³/mol. The number of nitrogen functional groups attached to an aromatic ring is 1. The molecule has 2 aromatic rings. The van der Waals surface area contributed by atoms with E-state index in [9.17, 15) is 14.4 Å². The first-order chi connectivity index (χ1) is 11.9. The second kappa shape index (κ2) is 6.40. The van der Waals surface area contributed by atoms with E-state index in [1.807, 2.05) is 19.0 Å². The summed E-state index contributed by atoms with van der Waals surface area (Å²) < 4.78 is 6.80. The fourth-order valence-corrected chi connectivity index (χ4v) is 2.58. The van der Waals surface area contributed by atoms with Crippen LogP contribution in [-0.4, -0.2) is 48.5 Å². The highest BCUT2D eigenvalue weighted by atomic mass is 16.5. The van der Waals surface area contributed by atoms with Gasteiger partial charge in [-0.25, -0.2) is 0 Å². The monoisotopic (exact) mass is 342 g/mol. The van der Waals surface area contributed by atoms with Crippen LogP contribution in [0.4, 0.5) is 5.82 Å². The van der Waals surface area contributed by atoms with Gasteiger partial charge in [-0.05, 0) is 38.4 Å². The number of hydrogen-bond acceptors (Lipinski definition) is 6. The topological polar surface area (TPSA) is 107 Å². The molecule has 0 fully saturated rings. The number of pyridine rings is 1. The van der Waals surface area contributed by atoms with E-state index >= 15 is 0 Å². The minimum Gasteiger partial charge on any atom is -0.492 e. The molecule has 0 unspecified atom stereocenters. The van der Waals surface area contributed by atoms with Gasteiger partial charge in [0.25, 0.3) is 17.4 Å². The van der Waals surface area contributed by atoms with Gasteiger partial charge in [-0.1, -0.05) is 0 Å². The highest BCUT2D eigenvalue weighted by Crippen LogP contribution is 2.23. The number of imide groups is 1. The van der Waals surface area contributed by atoms with Crippen LogP contribution in [0.2, 0.25) is 0 Å². The zero-order valence-electron chi connectivity index (χ0n) is 13.9. The fourth-order valence-electron chi connectivity index (χ4n) is 2.58. The second-order valence-electron chi connectivity index (χ2n) is 5.92. The Morgan fingerprint density at radius 1 is 1.12 bits per heavy atom. The number of aromatic nitrogens is 1. The summed E-state index contributed by atoms with van der Waals surface area (Å²) in [6, 6.07) is 7.89. The molecule has 8 nitrogen and oxygen atoms in total. The van der Waals surface area contributed by atoms with Crippen molar-refractivity contribution in [1.82, 2.24) is 14.8 Å². The van der Waals surface area contributed by atoms with Crippen molar-refractivity contribution in [2.24, 2.45) is 0 Å². The first kappa shape index (κ1) is 16.7. The normalized spacial score (nSPS) is 13.1. The number of amides is 2. The van der Waals surface area contributed by atoms with Gasteiger partial charge >= 0.3 is 0 Å². The van der Waals surface area contributed by atoms with Gasteiger partial charge in [-0.2, -0.15) is 0 Å². The number of hydrogen-bond donors (Lipinski definition) is 2. The predicted octanol–water partition coefficient (Wildman–Crippen LogP) is 0.244. The molecule has 0 spiro atoms. The lowest BCUT2D eigenvalue weighted by Gasteiger charge is -2.13. The molecule has 1 aliphatic rings. The molecule has 2 amide bonds. The van der Waals surface area contributed by atoms with E-state index in [4.69, 9.17) is 10.5 Å². The highest BCUT2D eigenvalue weighted by Gasteiger charge is 2.31. The number of nitrogens with one attached hydrogen (secondary N) is 1. The van der Waals surface area contributed by atoms with Crippen molar-refractivity contribution in [2.75, 3.05) is 33.0 Å². The van der Waals surface area contributed by atoms with Gasteiger partial charge in [-0.3, -0.25) is 24.3 Å². The Bertz CT molecular complexity index is 900. The molecule has 130 valence electrons. The largest absolute Gasteiger partial charge is 0.492 e. The average Bonchev–Trinajstić information content (AvgIpc) is 2.82. The lowest BCUT2D eigenvalue weighted by molar-refractivity contribution is 0.0880. The van der Waals surface area contributed by atoms with E-state index in [1.54, 1.807) is 24.3 Å². The quantitative estimate of drug-likeness (QED) is 0.754. The van der Waals surface area contributed by atoms with Crippen LogP contribution in [0.1, 0.15) is 20.7 Å². The summed E-state index contributed by atoms with van der Waals surface area (Å²) >= 11 is 0. The van der Waals surface area contributed by atoms with Crippen molar-refractivity contribution >= 4 is 17.6 Å². The van der Waals surface area contributed by atoms with Crippen molar-refractivity contribution in [3.05, 3.63) is 51.8 Å². The van der Waals surface area contributed by atoms with Crippen LogP contribution in [-0.2, 0) is 0 Å². The summed E-state index contributed by atoms with van der Waals surface area (Å²) in [6.07, 6.45) is 0. The van der Waals surface area contributed by atoms with Crippen molar-refractivity contribution < 1.29 is 14.3 Å². The van der Waals surface area contributed by atoms with Gasteiger partial charge in [-0.15, -0.1) is 0 Å². The number of rotatable bonds is 5. The van der Waals surface area contributed by atoms with Gasteiger partial charge < -0.3 is 15.4 Å². The summed E-state index contributed by atoms with van der Waals surface area (Å²) in [6.45, 7) is 1.32. The molecule has 0 saturated heterocycles. The molecule has 0 aliphatic carbocycles. The number of likely N-dealkylation sites (N-methyl/N-ethyl adjacent to an activating group) is 1. The summed E-state index contributed by atoms with van der Waals surface area (Å²) in [4.78, 5) is 37.9. The maximum Gasteiger partial charge on any atom is 0.262 e. The zero-order chi connectivity index (χ0) is 18.1. The van der Waals surface area contributed by atoms with E-state index in [-0.39, 0.29) is 16.9 Å². The molecular formula is C17H18N4O4. The molecule has 1 aromatic carbocycles. The highest BCUT2D eigenvalue weighted by molar-refractivity contribution is 6.23. The van der Waals surface area contributed by atoms with Crippen molar-refractivity contribution in [3.63, 3.8) is 0 Å². The SMILES string of the molecule is CN(C)CCOc1ccc(-n2c(N)c3c(cc2=O)C(=O)NC3=O)cc1. The van der Waals surface area contributed by atoms with Crippen LogP contribution < -0.4 is 21.3 Å². The van der Waals surface area contributed by atoms with Gasteiger partial charge in [0.1, 0.15) is 18.2 Å². The Hall–Kier alpha value is -3.13. The minimum absolute atomic E-state index is 0.00684. The lowest BCUT2D eigenvalue weighted by Crippen LogP contribution is -2.24. The molecule has 3 rings (SSSR count). The number of carbonyl (C=O) groups is 2. The number of fused-ring (bicyclic) bond motifs is 1. The van der Waals surface area contributed by atoms with E-state index in [1.165, 1.54) is 4.57 Å². The summed E-state index contributed by atoms with van der Waals surface area (Å²) in [5.41, 5.74) is 6.02. The smallest absolute Gasteiger partial charge is 0.262 e. The minimum atomic E-state index is -0.611. The Labute approximate surface area is 143 Å². The molecule has 3 N–H and O–H groups in total. The molecular weight excluding hydrogens is 324 g/mol. The fraction of sp³-hybridized carbons (Fsp3) is 0.235. The van der Waals surface area contributed by atoms with Gasteiger partial charge in [0.05, 0.1) is 16.8 Å². The summed E-state index contributed by atoms with van der Waals surface area (Å²) in [7, 11) is 3.91. The molecule has 0 saturated carbocycles. The Kier molecular flexibility index (Phi) is 4.28. The Balaban J connectivity index is 1.93. The van der Waals surface area contributed by atoms with Gasteiger partial charge in [0, 0.05) is 12.6 Å². The third-order valence-corrected chi connectivity index (χ3v) is 3.86. The number of nitrogens with two attached hydrogens (primary N) is 1. The molecule has 8 heteroatoms. The second-order valence-corrected chi connectivity index (χ2v) is 5.92. The molecule has 2 heterocycles. The van der Waals surface area contributed by atoms with Crippen molar-refractivity contribution in [1.29, 1.82) is 0 Å². The number of benzene rings is 1. The van der Waals surface area contributed by atoms with Gasteiger partial charge in [0.2, 0.25) is 0 Å². The molecule has 0 atom stereocenters. The van der Waals surface area contributed by atoms with Crippen LogP contribution in [0.25, 0.3) is 5.69 Å². The third kappa shape index (κ3) is 3.11. The molecule has 1 aliphatic heterocycles. The maximum atomic E-state index is 12.3. The zero-order valence-corrected chi connectivity index (χ0v) is 13.9. The molecule has 0 radical (unpaired) electrons.